The molecule has 4 aliphatic carbocycles. The van der Waals surface area contributed by atoms with E-state index in [2.05, 4.69) is 36.5 Å². The maximum Gasteiger partial charge on any atom is 0.303 e. The SMILES string of the molecule is CNc1ccc(C2CC(=O)C=C3CC[C@@H]4C(=C32)CC[C@@]2(C)[C@H]4CC[C@]2(OC(C)=O)C(=O)COC(C)=O)cc1. The Hall–Kier alpha value is -3.22. The Bertz CT molecular complexity index is 1240. The van der Waals surface area contributed by atoms with Crippen molar-refractivity contribution in [2.24, 2.45) is 17.3 Å². The molecule has 5 rings (SSSR count). The van der Waals surface area contributed by atoms with Gasteiger partial charge in [-0.2, -0.15) is 0 Å². The molecule has 1 unspecified atom stereocenters. The number of ether oxygens (including phenoxy) is 2. The predicted octanol–water partition coefficient (Wildman–Crippen LogP) is 5.06. The van der Waals surface area contributed by atoms with Crippen molar-refractivity contribution in [1.29, 1.82) is 0 Å². The minimum Gasteiger partial charge on any atom is -0.458 e. The molecule has 5 atom stereocenters. The van der Waals surface area contributed by atoms with Crippen molar-refractivity contribution in [2.75, 3.05) is 19.0 Å². The number of allylic oxidation sites excluding steroid dienone is 4. The van der Waals surface area contributed by atoms with Crippen molar-refractivity contribution in [2.45, 2.75) is 77.2 Å². The Morgan fingerprint density at radius 1 is 1.03 bits per heavy atom. The third-order valence-corrected chi connectivity index (χ3v) is 9.68. The Balaban J connectivity index is 1.54. The van der Waals surface area contributed by atoms with E-state index in [-0.39, 0.29) is 35.9 Å². The number of benzene rings is 1. The quantitative estimate of drug-likeness (QED) is 0.525. The van der Waals surface area contributed by atoms with Crippen molar-refractivity contribution in [1.82, 2.24) is 0 Å². The van der Waals surface area contributed by atoms with Crippen LogP contribution in [-0.2, 0) is 28.7 Å². The molecule has 1 aromatic carbocycles. The summed E-state index contributed by atoms with van der Waals surface area (Å²) in [5, 5.41) is 3.16. The second-order valence-corrected chi connectivity index (χ2v) is 11.5. The predicted molar refractivity (Wildman–Crippen MR) is 142 cm³/mol. The van der Waals surface area contributed by atoms with Crippen molar-refractivity contribution in [3.05, 3.63) is 52.6 Å². The van der Waals surface area contributed by atoms with Gasteiger partial charge in [-0.1, -0.05) is 24.6 Å². The van der Waals surface area contributed by atoms with Crippen LogP contribution in [0.4, 0.5) is 5.69 Å². The number of carbonyl (C=O) groups is 4. The van der Waals surface area contributed by atoms with Crippen LogP contribution in [0.1, 0.15) is 77.2 Å². The number of Topliss-reactive ketones (excluding diaryl/α,β-unsaturated/α-hetero) is 1. The van der Waals surface area contributed by atoms with Gasteiger partial charge in [-0.15, -0.1) is 0 Å². The summed E-state index contributed by atoms with van der Waals surface area (Å²) < 4.78 is 11.0. The number of nitrogens with one attached hydrogen (secondary N) is 1. The summed E-state index contributed by atoms with van der Waals surface area (Å²) in [4.78, 5) is 50.1. The van der Waals surface area contributed by atoms with Crippen LogP contribution in [0.25, 0.3) is 0 Å². The van der Waals surface area contributed by atoms with Gasteiger partial charge in [0.15, 0.2) is 18.0 Å². The van der Waals surface area contributed by atoms with E-state index in [1.165, 1.54) is 25.0 Å². The molecule has 4 aliphatic rings. The standard InChI is InChI=1S/C31H37NO6/c1-18(33)37-17-28(36)31(38-19(2)34)14-12-27-24-10-7-21-15-23(35)16-26(20-5-8-22(32-4)9-6-20)29(21)25(24)11-13-30(27,31)3/h5-6,8-9,15,24,26-27,32H,7,10-14,16-17H2,1-4H3/t24-,26?,27+,30+,31+/m1/s1. The summed E-state index contributed by atoms with van der Waals surface area (Å²) in [5.41, 5.74) is 4.22. The van der Waals surface area contributed by atoms with Gasteiger partial charge in [-0.05, 0) is 85.3 Å². The van der Waals surface area contributed by atoms with Gasteiger partial charge in [-0.25, -0.2) is 0 Å². The smallest absolute Gasteiger partial charge is 0.303 e. The molecule has 0 radical (unpaired) electrons. The second kappa shape index (κ2) is 9.83. The molecule has 0 amide bonds. The van der Waals surface area contributed by atoms with Crippen molar-refractivity contribution < 1.29 is 28.7 Å². The Kier molecular flexibility index (Phi) is 6.82. The molecule has 0 saturated heterocycles. The number of rotatable bonds is 6. The Morgan fingerprint density at radius 3 is 2.42 bits per heavy atom. The molecule has 2 saturated carbocycles. The zero-order valence-corrected chi connectivity index (χ0v) is 22.7. The summed E-state index contributed by atoms with van der Waals surface area (Å²) in [6.07, 6.45) is 6.73. The molecule has 1 aromatic rings. The summed E-state index contributed by atoms with van der Waals surface area (Å²) in [5.74, 6) is -0.724. The summed E-state index contributed by atoms with van der Waals surface area (Å²) >= 11 is 0. The summed E-state index contributed by atoms with van der Waals surface area (Å²) in [7, 11) is 1.89. The number of fused-ring (bicyclic) bond motifs is 4. The average Bonchev–Trinajstić information content (AvgIpc) is 3.18. The van der Waals surface area contributed by atoms with E-state index in [0.717, 1.165) is 42.5 Å². The number of esters is 2. The van der Waals surface area contributed by atoms with Crippen LogP contribution in [0.15, 0.2) is 47.1 Å². The van der Waals surface area contributed by atoms with Gasteiger partial charge in [0.2, 0.25) is 5.78 Å². The minimum atomic E-state index is -1.30. The summed E-state index contributed by atoms with van der Waals surface area (Å²) in [6, 6.07) is 8.35. The van der Waals surface area contributed by atoms with E-state index in [4.69, 9.17) is 9.47 Å². The van der Waals surface area contributed by atoms with Crippen LogP contribution in [0.2, 0.25) is 0 Å². The monoisotopic (exact) mass is 519 g/mol. The van der Waals surface area contributed by atoms with Gasteiger partial charge in [0.25, 0.3) is 0 Å². The van der Waals surface area contributed by atoms with E-state index in [0.29, 0.717) is 19.3 Å². The zero-order valence-electron chi connectivity index (χ0n) is 22.7. The van der Waals surface area contributed by atoms with Crippen LogP contribution in [0.3, 0.4) is 0 Å². The Labute approximate surface area is 224 Å². The highest BCUT2D eigenvalue weighted by atomic mass is 16.6. The molecule has 0 heterocycles. The first kappa shape index (κ1) is 26.4. The number of hydrogen-bond acceptors (Lipinski definition) is 7. The van der Waals surface area contributed by atoms with Crippen molar-refractivity contribution in [3.63, 3.8) is 0 Å². The molecule has 0 aliphatic heterocycles. The molecule has 2 fully saturated rings. The van der Waals surface area contributed by atoms with Gasteiger partial charge < -0.3 is 14.8 Å². The number of hydrogen-bond donors (Lipinski definition) is 1. The van der Waals surface area contributed by atoms with E-state index >= 15 is 0 Å². The van der Waals surface area contributed by atoms with Crippen molar-refractivity contribution >= 4 is 29.2 Å². The molecule has 38 heavy (non-hydrogen) atoms. The molecule has 0 bridgehead atoms. The summed E-state index contributed by atoms with van der Waals surface area (Å²) in [6.45, 7) is 4.32. The maximum atomic E-state index is 13.6. The first-order valence-electron chi connectivity index (χ1n) is 13.7. The maximum absolute atomic E-state index is 13.6. The third kappa shape index (κ3) is 4.20. The number of ketones is 2. The molecular weight excluding hydrogens is 482 g/mol. The fourth-order valence-electron chi connectivity index (χ4n) is 8.01. The van der Waals surface area contributed by atoms with Crippen LogP contribution in [0, 0.1) is 17.3 Å². The fourth-order valence-corrected chi connectivity index (χ4v) is 8.01. The lowest BCUT2D eigenvalue weighted by atomic mass is 9.53. The van der Waals surface area contributed by atoms with Gasteiger partial charge in [0.1, 0.15) is 0 Å². The van der Waals surface area contributed by atoms with E-state index < -0.39 is 23.0 Å². The average molecular weight is 520 g/mol. The molecule has 1 N–H and O–H groups in total. The van der Waals surface area contributed by atoms with E-state index in [1.807, 2.05) is 13.1 Å². The lowest BCUT2D eigenvalue weighted by Gasteiger charge is -2.52. The van der Waals surface area contributed by atoms with Crippen LogP contribution >= 0.6 is 0 Å². The van der Waals surface area contributed by atoms with Gasteiger partial charge in [0, 0.05) is 44.3 Å². The molecule has 0 aromatic heterocycles. The topological polar surface area (TPSA) is 98.8 Å². The van der Waals surface area contributed by atoms with Crippen LogP contribution < -0.4 is 5.32 Å². The Morgan fingerprint density at radius 2 is 1.76 bits per heavy atom. The third-order valence-electron chi connectivity index (χ3n) is 9.68. The number of carbonyl (C=O) groups excluding carboxylic acids is 4. The molecule has 7 heteroatoms. The highest BCUT2D eigenvalue weighted by Crippen LogP contribution is 2.65. The second-order valence-electron chi connectivity index (χ2n) is 11.5. The minimum absolute atomic E-state index is 0.0285. The molecule has 7 nitrogen and oxygen atoms in total. The van der Waals surface area contributed by atoms with E-state index in [9.17, 15) is 19.2 Å². The molecule has 0 spiro atoms. The normalized spacial score (nSPS) is 31.9. The van der Waals surface area contributed by atoms with Gasteiger partial charge >= 0.3 is 11.9 Å². The first-order chi connectivity index (χ1) is 18.1. The van der Waals surface area contributed by atoms with Crippen LogP contribution in [-0.4, -0.2) is 42.8 Å². The lowest BCUT2D eigenvalue weighted by Crippen LogP contribution is -2.57. The zero-order chi connectivity index (χ0) is 27.2. The lowest BCUT2D eigenvalue weighted by molar-refractivity contribution is -0.185. The first-order valence-corrected chi connectivity index (χ1v) is 13.7. The van der Waals surface area contributed by atoms with Crippen molar-refractivity contribution in [3.8, 4) is 0 Å². The number of anilines is 1. The largest absolute Gasteiger partial charge is 0.458 e. The van der Waals surface area contributed by atoms with Gasteiger partial charge in [-0.3, -0.25) is 19.2 Å². The molecular formula is C31H37NO6. The van der Waals surface area contributed by atoms with E-state index in [1.54, 1.807) is 0 Å². The highest BCUT2D eigenvalue weighted by Gasteiger charge is 2.66. The highest BCUT2D eigenvalue weighted by molar-refractivity contribution is 5.95. The van der Waals surface area contributed by atoms with Gasteiger partial charge in [0.05, 0.1) is 0 Å². The van der Waals surface area contributed by atoms with Crippen LogP contribution in [0.5, 0.6) is 0 Å². The molecule has 202 valence electrons. The fraction of sp³-hybridized carbons (Fsp3) is 0.548.